The number of piperazine rings is 1. The van der Waals surface area contributed by atoms with Gasteiger partial charge in [0.2, 0.25) is 0 Å². The molecule has 0 aliphatic carbocycles. The maximum atomic E-state index is 12.5. The standard InChI is InChI=1S/C24H28N4O2S/c1-18-7-9-25-21(15-18)16-20-3-5-22(6-4-20)30-24(29)28-13-11-27(12-14-28)10-8-23-19(2)26-17-31-23/h3-7,9,15,17H,8,10-14,16H2,1-2H3. The average molecular weight is 437 g/mol. The van der Waals surface area contributed by atoms with E-state index in [0.29, 0.717) is 18.8 Å². The smallest absolute Gasteiger partial charge is 0.410 e. The molecule has 0 spiro atoms. The quantitative estimate of drug-likeness (QED) is 0.582. The highest BCUT2D eigenvalue weighted by Gasteiger charge is 2.22. The molecule has 3 aromatic rings. The number of thiazole rings is 1. The average Bonchev–Trinajstić information content (AvgIpc) is 3.19. The summed E-state index contributed by atoms with van der Waals surface area (Å²) in [6.45, 7) is 8.25. The largest absolute Gasteiger partial charge is 0.415 e. The minimum absolute atomic E-state index is 0.272. The normalized spacial score (nSPS) is 14.6. The molecule has 6 nitrogen and oxygen atoms in total. The molecule has 0 atom stereocenters. The minimum Gasteiger partial charge on any atom is -0.410 e. The van der Waals surface area contributed by atoms with Crippen molar-refractivity contribution in [3.05, 3.63) is 75.5 Å². The molecule has 1 saturated heterocycles. The zero-order chi connectivity index (χ0) is 21.6. The highest BCUT2D eigenvalue weighted by molar-refractivity contribution is 7.09. The van der Waals surface area contributed by atoms with Gasteiger partial charge >= 0.3 is 6.09 Å². The zero-order valence-electron chi connectivity index (χ0n) is 18.1. The molecular weight excluding hydrogens is 408 g/mol. The summed E-state index contributed by atoms with van der Waals surface area (Å²) < 4.78 is 5.59. The maximum absolute atomic E-state index is 12.5. The van der Waals surface area contributed by atoms with E-state index in [4.69, 9.17) is 4.74 Å². The second kappa shape index (κ2) is 10.0. The van der Waals surface area contributed by atoms with Gasteiger partial charge in [-0.05, 0) is 55.7 Å². The number of benzene rings is 1. The molecule has 0 saturated carbocycles. The summed E-state index contributed by atoms with van der Waals surface area (Å²) in [5, 5.41) is 0. The number of carbonyl (C=O) groups excluding carboxylic acids is 1. The summed E-state index contributed by atoms with van der Waals surface area (Å²) in [6, 6.07) is 11.8. The molecule has 2 aromatic heterocycles. The van der Waals surface area contributed by atoms with Crippen molar-refractivity contribution in [1.82, 2.24) is 19.8 Å². The fraction of sp³-hybridized carbons (Fsp3) is 0.375. The van der Waals surface area contributed by atoms with Gasteiger partial charge in [-0.2, -0.15) is 0 Å². The molecule has 1 amide bonds. The van der Waals surface area contributed by atoms with Crippen LogP contribution in [0, 0.1) is 13.8 Å². The van der Waals surface area contributed by atoms with Crippen molar-refractivity contribution < 1.29 is 9.53 Å². The molecule has 7 heteroatoms. The van der Waals surface area contributed by atoms with E-state index in [0.717, 1.165) is 49.4 Å². The number of hydrogen-bond donors (Lipinski definition) is 0. The number of pyridine rings is 1. The van der Waals surface area contributed by atoms with Crippen LogP contribution in [0.2, 0.25) is 0 Å². The van der Waals surface area contributed by atoms with E-state index in [2.05, 4.69) is 34.8 Å². The van der Waals surface area contributed by atoms with Crippen LogP contribution in [0.25, 0.3) is 0 Å². The minimum atomic E-state index is -0.272. The van der Waals surface area contributed by atoms with Crippen molar-refractivity contribution in [2.75, 3.05) is 32.7 Å². The fourth-order valence-corrected chi connectivity index (χ4v) is 4.50. The fourth-order valence-electron chi connectivity index (χ4n) is 3.73. The molecule has 0 N–H and O–H groups in total. The summed E-state index contributed by atoms with van der Waals surface area (Å²) >= 11 is 1.72. The Morgan fingerprint density at radius 2 is 1.84 bits per heavy atom. The van der Waals surface area contributed by atoms with E-state index in [9.17, 15) is 4.79 Å². The summed E-state index contributed by atoms with van der Waals surface area (Å²) in [5.74, 6) is 0.578. The van der Waals surface area contributed by atoms with E-state index in [-0.39, 0.29) is 6.09 Å². The predicted octanol–water partition coefficient (Wildman–Crippen LogP) is 4.10. The Kier molecular flexibility index (Phi) is 6.94. The Morgan fingerprint density at radius 1 is 1.06 bits per heavy atom. The Bertz CT molecular complexity index is 1010. The van der Waals surface area contributed by atoms with Crippen LogP contribution in [0.3, 0.4) is 0 Å². The van der Waals surface area contributed by atoms with E-state index in [1.165, 1.54) is 10.4 Å². The first-order valence-corrected chi connectivity index (χ1v) is 11.5. The van der Waals surface area contributed by atoms with Gasteiger partial charge in [-0.15, -0.1) is 11.3 Å². The first-order chi connectivity index (χ1) is 15.1. The highest BCUT2D eigenvalue weighted by Crippen LogP contribution is 2.17. The van der Waals surface area contributed by atoms with Gasteiger partial charge in [-0.3, -0.25) is 9.88 Å². The number of nitrogens with zero attached hydrogens (tertiary/aromatic N) is 4. The number of amides is 1. The summed E-state index contributed by atoms with van der Waals surface area (Å²) in [4.78, 5) is 26.8. The van der Waals surface area contributed by atoms with Gasteiger partial charge in [0.1, 0.15) is 5.75 Å². The van der Waals surface area contributed by atoms with Crippen LogP contribution in [-0.4, -0.2) is 58.6 Å². The molecule has 1 aliphatic rings. The molecule has 31 heavy (non-hydrogen) atoms. The molecule has 0 unspecified atom stereocenters. The van der Waals surface area contributed by atoms with Crippen molar-refractivity contribution in [2.24, 2.45) is 0 Å². The van der Waals surface area contributed by atoms with Gasteiger partial charge in [0.05, 0.1) is 11.2 Å². The van der Waals surface area contributed by atoms with Crippen LogP contribution in [-0.2, 0) is 12.8 Å². The third kappa shape index (κ3) is 5.89. The molecule has 1 aliphatic heterocycles. The van der Waals surface area contributed by atoms with Crippen molar-refractivity contribution in [3.8, 4) is 5.75 Å². The molecule has 162 valence electrons. The van der Waals surface area contributed by atoms with Crippen LogP contribution in [0.15, 0.2) is 48.1 Å². The SMILES string of the molecule is Cc1ccnc(Cc2ccc(OC(=O)N3CCN(CCc4scnc4C)CC3)cc2)c1. The Hall–Kier alpha value is -2.77. The van der Waals surface area contributed by atoms with E-state index in [1.54, 1.807) is 16.2 Å². The van der Waals surface area contributed by atoms with Crippen molar-refractivity contribution in [1.29, 1.82) is 0 Å². The van der Waals surface area contributed by atoms with E-state index in [1.807, 2.05) is 42.0 Å². The highest BCUT2D eigenvalue weighted by atomic mass is 32.1. The molecule has 1 fully saturated rings. The molecule has 1 aromatic carbocycles. The van der Waals surface area contributed by atoms with Gasteiger partial charge in [-0.25, -0.2) is 9.78 Å². The first kappa shape index (κ1) is 21.5. The lowest BCUT2D eigenvalue weighted by Gasteiger charge is -2.33. The van der Waals surface area contributed by atoms with Gasteiger partial charge in [-0.1, -0.05) is 12.1 Å². The third-order valence-corrected chi connectivity index (χ3v) is 6.61. The van der Waals surface area contributed by atoms with Crippen molar-refractivity contribution >= 4 is 17.4 Å². The lowest BCUT2D eigenvalue weighted by atomic mass is 10.1. The molecule has 4 rings (SSSR count). The number of aromatic nitrogens is 2. The van der Waals surface area contributed by atoms with Gasteiger partial charge in [0.25, 0.3) is 0 Å². The first-order valence-electron chi connectivity index (χ1n) is 10.7. The molecule has 0 bridgehead atoms. The number of ether oxygens (including phenoxy) is 1. The Labute approximate surface area is 187 Å². The second-order valence-electron chi connectivity index (χ2n) is 7.95. The molecule has 3 heterocycles. The zero-order valence-corrected chi connectivity index (χ0v) is 18.9. The third-order valence-electron chi connectivity index (χ3n) is 5.62. The number of carbonyl (C=O) groups is 1. The van der Waals surface area contributed by atoms with Crippen LogP contribution >= 0.6 is 11.3 Å². The Balaban J connectivity index is 1.23. The summed E-state index contributed by atoms with van der Waals surface area (Å²) in [5.41, 5.74) is 6.42. The van der Waals surface area contributed by atoms with Crippen LogP contribution in [0.5, 0.6) is 5.75 Å². The molecular formula is C24H28N4O2S. The van der Waals surface area contributed by atoms with Crippen LogP contribution in [0.1, 0.15) is 27.4 Å². The summed E-state index contributed by atoms with van der Waals surface area (Å²) in [6.07, 6.45) is 3.34. The van der Waals surface area contributed by atoms with Crippen LogP contribution < -0.4 is 4.74 Å². The lowest BCUT2D eigenvalue weighted by molar-refractivity contribution is 0.111. The number of hydrogen-bond acceptors (Lipinski definition) is 6. The summed E-state index contributed by atoms with van der Waals surface area (Å²) in [7, 11) is 0. The lowest BCUT2D eigenvalue weighted by Crippen LogP contribution is -2.49. The van der Waals surface area contributed by atoms with Crippen LogP contribution in [0.4, 0.5) is 4.79 Å². The molecule has 0 radical (unpaired) electrons. The van der Waals surface area contributed by atoms with Crippen molar-refractivity contribution in [2.45, 2.75) is 26.7 Å². The number of aryl methyl sites for hydroxylation is 2. The van der Waals surface area contributed by atoms with Gasteiger partial charge in [0.15, 0.2) is 0 Å². The van der Waals surface area contributed by atoms with Gasteiger partial charge < -0.3 is 9.64 Å². The maximum Gasteiger partial charge on any atom is 0.415 e. The van der Waals surface area contributed by atoms with Gasteiger partial charge in [0, 0.05) is 55.9 Å². The monoisotopic (exact) mass is 436 g/mol. The van der Waals surface area contributed by atoms with E-state index >= 15 is 0 Å². The predicted molar refractivity (Wildman–Crippen MR) is 123 cm³/mol. The second-order valence-corrected chi connectivity index (χ2v) is 8.89. The van der Waals surface area contributed by atoms with Crippen molar-refractivity contribution in [3.63, 3.8) is 0 Å². The number of rotatable bonds is 6. The topological polar surface area (TPSA) is 58.6 Å². The van der Waals surface area contributed by atoms with E-state index < -0.39 is 0 Å². The Morgan fingerprint density at radius 3 is 2.52 bits per heavy atom.